The summed E-state index contributed by atoms with van der Waals surface area (Å²) in [5, 5.41) is 2.83. The zero-order valence-corrected chi connectivity index (χ0v) is 17.2. The van der Waals surface area contributed by atoms with Crippen molar-refractivity contribution in [3.8, 4) is 0 Å². The van der Waals surface area contributed by atoms with Gasteiger partial charge in [0.15, 0.2) is 5.78 Å². The molecule has 1 saturated carbocycles. The Labute approximate surface area is 158 Å². The Hall–Kier alpha value is -1.64. The Balaban J connectivity index is 2.01. The van der Waals surface area contributed by atoms with Gasteiger partial charge in [-0.15, -0.1) is 0 Å². The Morgan fingerprint density at radius 2 is 1.81 bits per heavy atom. The first-order valence-electron chi connectivity index (χ1n) is 9.95. The van der Waals surface area contributed by atoms with Gasteiger partial charge in [0.05, 0.1) is 5.70 Å². The van der Waals surface area contributed by atoms with Gasteiger partial charge in [0.25, 0.3) is 0 Å². The first-order valence-corrected chi connectivity index (χ1v) is 9.95. The number of carbonyl (C=O) groups is 2. The van der Waals surface area contributed by atoms with Crippen LogP contribution in [-0.4, -0.2) is 18.6 Å². The molecule has 26 heavy (non-hydrogen) atoms. The average molecular weight is 356 g/mol. The Kier molecular flexibility index (Phi) is 4.57. The molecule has 0 aromatic heterocycles. The molecular weight excluding hydrogens is 322 g/mol. The second-order valence-electron chi connectivity index (χ2n) is 9.33. The minimum Gasteiger partial charge on any atom is -0.385 e. The van der Waals surface area contributed by atoms with Crippen LogP contribution in [0.15, 0.2) is 35.1 Å². The van der Waals surface area contributed by atoms with Gasteiger partial charge in [-0.2, -0.15) is 0 Å². The third-order valence-corrected chi connectivity index (χ3v) is 8.60. The van der Waals surface area contributed by atoms with E-state index in [0.29, 0.717) is 23.6 Å². The van der Waals surface area contributed by atoms with Crippen LogP contribution in [0, 0.1) is 22.2 Å². The third-order valence-electron chi connectivity index (χ3n) is 8.60. The lowest BCUT2D eigenvalue weighted by Crippen LogP contribution is -2.57. The van der Waals surface area contributed by atoms with Crippen molar-refractivity contribution < 1.29 is 9.59 Å². The normalized spacial score (nSPS) is 40.4. The molecule has 3 heteroatoms. The fraction of sp³-hybridized carbons (Fsp3) is 0.652. The van der Waals surface area contributed by atoms with Crippen LogP contribution in [0.25, 0.3) is 0 Å². The van der Waals surface area contributed by atoms with E-state index in [1.165, 1.54) is 24.5 Å². The lowest BCUT2D eigenvalue weighted by atomic mass is 9.39. The molecule has 1 N–H and O–H groups in total. The van der Waals surface area contributed by atoms with Gasteiger partial charge < -0.3 is 5.32 Å². The van der Waals surface area contributed by atoms with E-state index in [9.17, 15) is 9.59 Å². The first kappa shape index (κ1) is 19.1. The lowest BCUT2D eigenvalue weighted by Gasteiger charge is -2.65. The number of ketones is 2. The van der Waals surface area contributed by atoms with Crippen molar-refractivity contribution in [2.45, 2.75) is 66.7 Å². The van der Waals surface area contributed by atoms with Gasteiger partial charge >= 0.3 is 0 Å². The third kappa shape index (κ3) is 2.46. The Morgan fingerprint density at radius 1 is 1.12 bits per heavy atom. The monoisotopic (exact) mass is 355 g/mol. The van der Waals surface area contributed by atoms with Crippen LogP contribution in [0.2, 0.25) is 0 Å². The molecule has 0 aromatic rings. The van der Waals surface area contributed by atoms with Gasteiger partial charge in [-0.3, -0.25) is 9.59 Å². The van der Waals surface area contributed by atoms with Crippen LogP contribution in [0.5, 0.6) is 0 Å². The molecule has 0 aromatic carbocycles. The smallest absolute Gasteiger partial charge is 0.202 e. The van der Waals surface area contributed by atoms with E-state index in [0.717, 1.165) is 12.8 Å². The summed E-state index contributed by atoms with van der Waals surface area (Å²) in [6.07, 6.45) is 10.8. The molecule has 3 rings (SSSR count). The van der Waals surface area contributed by atoms with Crippen LogP contribution in [0.1, 0.15) is 66.7 Å². The summed E-state index contributed by atoms with van der Waals surface area (Å²) in [5.41, 5.74) is 2.85. The summed E-state index contributed by atoms with van der Waals surface area (Å²) >= 11 is 0. The maximum Gasteiger partial charge on any atom is 0.202 e. The average Bonchev–Trinajstić information content (AvgIpc) is 2.59. The Morgan fingerprint density at radius 3 is 2.46 bits per heavy atom. The summed E-state index contributed by atoms with van der Waals surface area (Å²) in [6.45, 7) is 11.8. The van der Waals surface area contributed by atoms with Gasteiger partial charge in [-0.05, 0) is 67.3 Å². The number of fused-ring (bicyclic) bond motifs is 1. The fourth-order valence-electron chi connectivity index (χ4n) is 5.97. The second kappa shape index (κ2) is 6.21. The molecule has 3 nitrogen and oxygen atoms in total. The number of carbonyl (C=O) groups excluding carboxylic acids is 2. The molecule has 4 atom stereocenters. The van der Waals surface area contributed by atoms with Gasteiger partial charge in [-0.25, -0.2) is 0 Å². The summed E-state index contributed by atoms with van der Waals surface area (Å²) in [5.74, 6) is 0.424. The molecular formula is C23H33NO2. The van der Waals surface area contributed by atoms with Crippen molar-refractivity contribution >= 4 is 11.6 Å². The van der Waals surface area contributed by atoms with Crippen molar-refractivity contribution in [1.29, 1.82) is 0 Å². The zero-order valence-electron chi connectivity index (χ0n) is 17.2. The fourth-order valence-corrected chi connectivity index (χ4v) is 5.97. The first-order chi connectivity index (χ1) is 12.1. The number of likely N-dealkylation sites (N-methyl/N-ethyl adjacent to an activating group) is 1. The molecule has 142 valence electrons. The van der Waals surface area contributed by atoms with Crippen molar-refractivity contribution in [2.75, 3.05) is 7.05 Å². The highest BCUT2D eigenvalue weighted by Crippen LogP contribution is 2.69. The number of rotatable bonds is 3. The minimum absolute atomic E-state index is 0.0116. The van der Waals surface area contributed by atoms with E-state index in [2.05, 4.69) is 46.0 Å². The summed E-state index contributed by atoms with van der Waals surface area (Å²) in [6, 6.07) is 0. The highest BCUT2D eigenvalue weighted by atomic mass is 16.1. The maximum atomic E-state index is 12.7. The van der Waals surface area contributed by atoms with Crippen LogP contribution >= 0.6 is 0 Å². The molecule has 1 fully saturated rings. The molecule has 0 bridgehead atoms. The molecule has 3 aliphatic rings. The van der Waals surface area contributed by atoms with Crippen molar-refractivity contribution in [2.24, 2.45) is 22.2 Å². The molecule has 0 saturated heterocycles. The highest BCUT2D eigenvalue weighted by Gasteiger charge is 2.61. The van der Waals surface area contributed by atoms with Crippen molar-refractivity contribution in [3.63, 3.8) is 0 Å². The molecule has 0 amide bonds. The van der Waals surface area contributed by atoms with Gasteiger partial charge in [0.1, 0.15) is 0 Å². The molecule has 0 radical (unpaired) electrons. The predicted octanol–water partition coefficient (Wildman–Crippen LogP) is 4.75. The molecule has 0 unspecified atom stereocenters. The van der Waals surface area contributed by atoms with Crippen LogP contribution in [0.3, 0.4) is 0 Å². The van der Waals surface area contributed by atoms with Crippen LogP contribution in [0.4, 0.5) is 0 Å². The molecule has 3 aliphatic carbocycles. The minimum atomic E-state index is -0.0817. The lowest BCUT2D eigenvalue weighted by molar-refractivity contribution is -0.128. The van der Waals surface area contributed by atoms with E-state index in [-0.39, 0.29) is 27.8 Å². The van der Waals surface area contributed by atoms with E-state index >= 15 is 0 Å². The van der Waals surface area contributed by atoms with E-state index in [1.54, 1.807) is 13.1 Å². The Bertz CT molecular complexity index is 743. The molecule has 0 spiro atoms. The topological polar surface area (TPSA) is 46.2 Å². The number of nitrogens with one attached hydrogen (secondary N) is 1. The molecule has 0 heterocycles. The summed E-state index contributed by atoms with van der Waals surface area (Å²) in [4.78, 5) is 25.0. The standard InChI is InChI=1S/C23H33NO2/c1-15-8-7-10-23(5)21(15,3)11-9-16(2)22(23,4)14-17-12-20(26)18(24-6)13-19(17)25/h8,12-13,16,24H,7,9-11,14H2,1-6H3/t16-,21-,22+,23+/m0/s1. The number of hydrogen-bond acceptors (Lipinski definition) is 3. The summed E-state index contributed by atoms with van der Waals surface area (Å²) in [7, 11) is 1.68. The van der Waals surface area contributed by atoms with Gasteiger partial charge in [-0.1, -0.05) is 39.3 Å². The number of allylic oxidation sites excluding steroid dienone is 5. The van der Waals surface area contributed by atoms with Crippen molar-refractivity contribution in [1.82, 2.24) is 5.32 Å². The molecule has 0 aliphatic heterocycles. The SMILES string of the molecule is CNC1=CC(=O)C(C[C@]2(C)[C@@H](C)CC[C@@]3(C)C(C)=CCC[C@]32C)=CC1=O. The maximum absolute atomic E-state index is 12.7. The second-order valence-corrected chi connectivity index (χ2v) is 9.33. The van der Waals surface area contributed by atoms with Crippen molar-refractivity contribution in [3.05, 3.63) is 35.1 Å². The highest BCUT2D eigenvalue weighted by molar-refractivity contribution is 6.19. The van der Waals surface area contributed by atoms with E-state index < -0.39 is 0 Å². The van der Waals surface area contributed by atoms with E-state index in [1.807, 2.05) is 0 Å². The largest absolute Gasteiger partial charge is 0.385 e. The van der Waals surface area contributed by atoms with Crippen LogP contribution in [-0.2, 0) is 9.59 Å². The van der Waals surface area contributed by atoms with Gasteiger partial charge in [0, 0.05) is 18.7 Å². The number of hydrogen-bond donors (Lipinski definition) is 1. The zero-order chi connectivity index (χ0) is 19.3. The van der Waals surface area contributed by atoms with Gasteiger partial charge in [0.2, 0.25) is 5.78 Å². The quantitative estimate of drug-likeness (QED) is 0.587. The predicted molar refractivity (Wildman–Crippen MR) is 106 cm³/mol. The summed E-state index contributed by atoms with van der Waals surface area (Å²) < 4.78 is 0. The van der Waals surface area contributed by atoms with Crippen LogP contribution < -0.4 is 5.32 Å². The van der Waals surface area contributed by atoms with E-state index in [4.69, 9.17) is 0 Å².